The van der Waals surface area contributed by atoms with Gasteiger partial charge in [-0.15, -0.1) is 0 Å². The molecular formula is C69H133NO5. The van der Waals surface area contributed by atoms with E-state index in [2.05, 4.69) is 43.5 Å². The van der Waals surface area contributed by atoms with Crippen molar-refractivity contribution in [2.45, 2.75) is 392 Å². The Morgan fingerprint density at radius 1 is 0.360 bits per heavy atom. The molecule has 0 spiro atoms. The Labute approximate surface area is 469 Å². The molecule has 0 aliphatic rings. The molecule has 2 atom stereocenters. The number of carbonyl (C=O) groups excluding carboxylic acids is 2. The summed E-state index contributed by atoms with van der Waals surface area (Å²) < 4.78 is 5.47. The van der Waals surface area contributed by atoms with Crippen molar-refractivity contribution in [3.05, 3.63) is 24.3 Å². The van der Waals surface area contributed by atoms with Gasteiger partial charge in [-0.25, -0.2) is 0 Å². The molecule has 0 bridgehead atoms. The maximum absolute atomic E-state index is 12.5. The lowest BCUT2D eigenvalue weighted by molar-refractivity contribution is -0.143. The second-order valence-corrected chi connectivity index (χ2v) is 23.5. The van der Waals surface area contributed by atoms with Crippen molar-refractivity contribution in [1.82, 2.24) is 5.32 Å². The minimum absolute atomic E-state index is 0.00795. The first-order valence-electron chi connectivity index (χ1n) is 34.1. The first kappa shape index (κ1) is 73.3. The van der Waals surface area contributed by atoms with E-state index in [0.29, 0.717) is 25.9 Å². The molecule has 0 aliphatic carbocycles. The Hall–Kier alpha value is -1.66. The highest BCUT2D eigenvalue weighted by Crippen LogP contribution is 2.18. The molecule has 0 aromatic rings. The number of hydrogen-bond donors (Lipinski definition) is 3. The van der Waals surface area contributed by atoms with Crippen molar-refractivity contribution in [2.24, 2.45) is 0 Å². The molecule has 3 N–H and O–H groups in total. The summed E-state index contributed by atoms with van der Waals surface area (Å²) in [7, 11) is 0. The van der Waals surface area contributed by atoms with Crippen LogP contribution in [-0.4, -0.2) is 47.4 Å². The van der Waals surface area contributed by atoms with Crippen molar-refractivity contribution < 1.29 is 24.5 Å². The molecule has 0 fully saturated rings. The van der Waals surface area contributed by atoms with Crippen molar-refractivity contribution >= 4 is 11.9 Å². The lowest BCUT2D eigenvalue weighted by Crippen LogP contribution is -2.45. The summed E-state index contributed by atoms with van der Waals surface area (Å²) >= 11 is 0. The molecule has 0 heterocycles. The Morgan fingerprint density at radius 2 is 0.627 bits per heavy atom. The summed E-state index contributed by atoms with van der Waals surface area (Å²) in [5, 5.41) is 23.3. The van der Waals surface area contributed by atoms with E-state index in [-0.39, 0.29) is 18.5 Å². The van der Waals surface area contributed by atoms with E-state index >= 15 is 0 Å². The molecule has 6 heteroatoms. The van der Waals surface area contributed by atoms with E-state index in [9.17, 15) is 19.8 Å². The summed E-state index contributed by atoms with van der Waals surface area (Å²) in [6, 6.07) is -0.539. The molecule has 0 rings (SSSR count). The van der Waals surface area contributed by atoms with Gasteiger partial charge in [-0.1, -0.05) is 314 Å². The third-order valence-corrected chi connectivity index (χ3v) is 16.0. The minimum Gasteiger partial charge on any atom is -0.466 e. The number of nitrogens with one attached hydrogen (secondary N) is 1. The number of esters is 1. The van der Waals surface area contributed by atoms with E-state index in [4.69, 9.17) is 4.74 Å². The largest absolute Gasteiger partial charge is 0.466 e. The van der Waals surface area contributed by atoms with Crippen molar-refractivity contribution in [2.75, 3.05) is 13.2 Å². The second-order valence-electron chi connectivity index (χ2n) is 23.5. The van der Waals surface area contributed by atoms with Crippen LogP contribution < -0.4 is 5.32 Å². The van der Waals surface area contributed by atoms with E-state index in [0.717, 1.165) is 44.9 Å². The zero-order chi connectivity index (χ0) is 54.3. The van der Waals surface area contributed by atoms with Crippen LogP contribution >= 0.6 is 0 Å². The van der Waals surface area contributed by atoms with Crippen molar-refractivity contribution in [1.29, 1.82) is 0 Å². The van der Waals surface area contributed by atoms with Crippen LogP contribution in [0, 0.1) is 0 Å². The number of rotatable bonds is 64. The van der Waals surface area contributed by atoms with Gasteiger partial charge in [-0.05, 0) is 77.0 Å². The van der Waals surface area contributed by atoms with Gasteiger partial charge < -0.3 is 20.3 Å². The van der Waals surface area contributed by atoms with Crippen LogP contribution in [0.25, 0.3) is 0 Å². The number of unbranched alkanes of at least 4 members (excludes halogenated alkanes) is 49. The van der Waals surface area contributed by atoms with Crippen LogP contribution in [-0.2, 0) is 14.3 Å². The van der Waals surface area contributed by atoms with Crippen LogP contribution in [0.1, 0.15) is 380 Å². The number of amides is 1. The monoisotopic (exact) mass is 1060 g/mol. The fraction of sp³-hybridized carbons (Fsp3) is 0.913. The van der Waals surface area contributed by atoms with Gasteiger partial charge in [-0.2, -0.15) is 0 Å². The molecule has 0 radical (unpaired) electrons. The molecule has 0 aliphatic heterocycles. The second kappa shape index (κ2) is 64.9. The summed E-state index contributed by atoms with van der Waals surface area (Å²) in [5.74, 6) is -0.0222. The maximum Gasteiger partial charge on any atom is 0.305 e. The van der Waals surface area contributed by atoms with Crippen molar-refractivity contribution in [3.8, 4) is 0 Å². The molecular weight excluding hydrogens is 923 g/mol. The third kappa shape index (κ3) is 61.4. The zero-order valence-corrected chi connectivity index (χ0v) is 50.8. The summed E-state index contributed by atoms with van der Waals surface area (Å²) in [5.41, 5.74) is 0. The number of allylic oxidation sites excluding steroid dienone is 4. The van der Waals surface area contributed by atoms with Gasteiger partial charge in [-0.3, -0.25) is 9.59 Å². The van der Waals surface area contributed by atoms with Crippen LogP contribution in [0.3, 0.4) is 0 Å². The van der Waals surface area contributed by atoms with Gasteiger partial charge in [0, 0.05) is 12.8 Å². The topological polar surface area (TPSA) is 95.9 Å². The molecule has 75 heavy (non-hydrogen) atoms. The van der Waals surface area contributed by atoms with Crippen LogP contribution in [0.4, 0.5) is 0 Å². The van der Waals surface area contributed by atoms with Gasteiger partial charge in [0.25, 0.3) is 0 Å². The maximum atomic E-state index is 12.5. The van der Waals surface area contributed by atoms with E-state index < -0.39 is 12.1 Å². The zero-order valence-electron chi connectivity index (χ0n) is 50.8. The average Bonchev–Trinajstić information content (AvgIpc) is 3.41. The van der Waals surface area contributed by atoms with Gasteiger partial charge >= 0.3 is 5.97 Å². The van der Waals surface area contributed by atoms with Gasteiger partial charge in [0.05, 0.1) is 25.4 Å². The Kier molecular flexibility index (Phi) is 63.4. The first-order valence-corrected chi connectivity index (χ1v) is 34.1. The fourth-order valence-electron chi connectivity index (χ4n) is 10.7. The molecule has 0 aromatic carbocycles. The van der Waals surface area contributed by atoms with Crippen LogP contribution in [0.15, 0.2) is 24.3 Å². The molecule has 0 aromatic heterocycles. The van der Waals surface area contributed by atoms with E-state index in [1.807, 2.05) is 0 Å². The van der Waals surface area contributed by atoms with Crippen molar-refractivity contribution in [3.63, 3.8) is 0 Å². The van der Waals surface area contributed by atoms with Gasteiger partial charge in [0.15, 0.2) is 0 Å². The van der Waals surface area contributed by atoms with Gasteiger partial charge in [0.2, 0.25) is 5.91 Å². The Balaban J connectivity index is 3.35. The molecule has 1 amide bonds. The third-order valence-electron chi connectivity index (χ3n) is 16.0. The van der Waals surface area contributed by atoms with Crippen LogP contribution in [0.5, 0.6) is 0 Å². The predicted octanol–water partition coefficient (Wildman–Crippen LogP) is 21.8. The number of carbonyl (C=O) groups is 2. The average molecular weight is 1060 g/mol. The molecule has 2 unspecified atom stereocenters. The summed E-state index contributed by atoms with van der Waals surface area (Å²) in [4.78, 5) is 24.5. The standard InChI is InChI=1S/C69H133NO5/c1-3-5-7-9-11-13-15-17-35-38-41-45-49-53-57-61-67(72)66(65-71)70-68(73)62-58-54-50-46-42-39-36-33-31-29-27-25-23-21-19-18-20-22-24-26-28-30-32-34-37-40-44-48-52-56-60-64-75-69(74)63-59-55-51-47-43-16-14-12-10-8-6-4-2/h12,14,20,22,66-67,71-72H,3-11,13,15-19,21,23-65H2,1-2H3,(H,70,73)/b14-12-,22-20-. The number of ether oxygens (including phenoxy) is 1. The lowest BCUT2D eigenvalue weighted by Gasteiger charge is -2.22. The molecule has 0 saturated carbocycles. The highest BCUT2D eigenvalue weighted by molar-refractivity contribution is 5.76. The Morgan fingerprint density at radius 3 is 0.973 bits per heavy atom. The Bertz CT molecular complexity index is 1170. The molecule has 0 saturated heterocycles. The summed E-state index contributed by atoms with van der Waals surface area (Å²) in [6.07, 6.45) is 80.8. The lowest BCUT2D eigenvalue weighted by atomic mass is 10.0. The number of hydrogen-bond acceptors (Lipinski definition) is 5. The molecule has 6 nitrogen and oxygen atoms in total. The first-order chi connectivity index (χ1) is 37.0. The normalized spacial score (nSPS) is 12.6. The molecule has 444 valence electrons. The quantitative estimate of drug-likeness (QED) is 0.0320. The highest BCUT2D eigenvalue weighted by atomic mass is 16.5. The highest BCUT2D eigenvalue weighted by Gasteiger charge is 2.20. The number of aliphatic hydroxyl groups is 2. The number of aliphatic hydroxyl groups excluding tert-OH is 2. The smallest absolute Gasteiger partial charge is 0.305 e. The van der Waals surface area contributed by atoms with Gasteiger partial charge in [0.1, 0.15) is 0 Å². The SMILES string of the molecule is CCCCC/C=C\CCCCCCCC(=O)OCCCCCCCCCCCCCC/C=C\CCCCCCCCCCCCCCCCCC(=O)NC(CO)C(O)CCCCCCCCCCCCCCCCC. The summed E-state index contributed by atoms with van der Waals surface area (Å²) in [6.45, 7) is 4.95. The minimum atomic E-state index is -0.662. The van der Waals surface area contributed by atoms with E-state index in [1.165, 1.54) is 302 Å². The predicted molar refractivity (Wildman–Crippen MR) is 329 cm³/mol. The fourth-order valence-corrected chi connectivity index (χ4v) is 10.7. The van der Waals surface area contributed by atoms with E-state index in [1.54, 1.807) is 0 Å². The van der Waals surface area contributed by atoms with Crippen LogP contribution in [0.2, 0.25) is 0 Å².